The second kappa shape index (κ2) is 9.89. The molecule has 6 nitrogen and oxygen atoms in total. The topological polar surface area (TPSA) is 88.2 Å². The fourth-order valence-corrected chi connectivity index (χ4v) is 6.55. The van der Waals surface area contributed by atoms with Crippen LogP contribution in [0.25, 0.3) is 0 Å². The zero-order valence-corrected chi connectivity index (χ0v) is 19.6. The van der Waals surface area contributed by atoms with E-state index in [1.807, 2.05) is 6.92 Å². The molecular weight excluding hydrogens is 449 g/mol. The molecule has 1 saturated carbocycles. The molecule has 4 rings (SSSR count). The van der Waals surface area contributed by atoms with Crippen molar-refractivity contribution in [2.45, 2.75) is 67.5 Å². The van der Waals surface area contributed by atoms with Gasteiger partial charge in [-0.15, -0.1) is 11.8 Å². The molecule has 1 aromatic heterocycles. The summed E-state index contributed by atoms with van der Waals surface area (Å²) in [7, 11) is -3.64. The standard InChI is InChI=1S/C23H28FN3O3S2/c1-15(16-4-8-19(24)9-5-16)26-22(28)17-6-10-20(11-7-17)27-32(29,30)21-13-18-3-2-12-31-23(18)25-14-21/h4-5,8-9,13-15,17,20,27H,2-3,6-7,10-12H2,1H3,(H,26,28)/t15-,17?,20?/m1/s1. The maximum atomic E-state index is 13.1. The Hall–Kier alpha value is -1.97. The van der Waals surface area contributed by atoms with Crippen LogP contribution in [0.15, 0.2) is 46.5 Å². The van der Waals surface area contributed by atoms with Gasteiger partial charge in [0.05, 0.1) is 11.1 Å². The zero-order valence-electron chi connectivity index (χ0n) is 18.0. The molecule has 1 aliphatic carbocycles. The van der Waals surface area contributed by atoms with Crippen LogP contribution in [0.1, 0.15) is 56.2 Å². The van der Waals surface area contributed by atoms with E-state index in [0.29, 0.717) is 25.7 Å². The number of aromatic nitrogens is 1. The molecule has 2 aliphatic rings. The van der Waals surface area contributed by atoms with Crippen LogP contribution in [-0.2, 0) is 21.2 Å². The molecule has 1 amide bonds. The molecule has 32 heavy (non-hydrogen) atoms. The first-order chi connectivity index (χ1) is 15.3. The fraction of sp³-hybridized carbons (Fsp3) is 0.478. The van der Waals surface area contributed by atoms with E-state index in [1.165, 1.54) is 18.3 Å². The average Bonchev–Trinajstić information content (AvgIpc) is 2.79. The van der Waals surface area contributed by atoms with E-state index < -0.39 is 10.0 Å². The third kappa shape index (κ3) is 5.50. The lowest BCUT2D eigenvalue weighted by atomic mass is 9.85. The molecule has 0 unspecified atom stereocenters. The van der Waals surface area contributed by atoms with Crippen molar-refractivity contribution in [2.24, 2.45) is 5.92 Å². The van der Waals surface area contributed by atoms with Crippen LogP contribution in [0.4, 0.5) is 4.39 Å². The predicted molar refractivity (Wildman–Crippen MR) is 122 cm³/mol. The monoisotopic (exact) mass is 477 g/mol. The number of pyridine rings is 1. The summed E-state index contributed by atoms with van der Waals surface area (Å²) >= 11 is 1.67. The molecule has 1 fully saturated rings. The number of rotatable bonds is 6. The number of carbonyl (C=O) groups is 1. The molecule has 9 heteroatoms. The second-order valence-corrected chi connectivity index (χ2v) is 11.3. The SMILES string of the molecule is C[C@@H](NC(=O)C1CCC(NS(=O)(=O)c2cnc3c(c2)CCCS3)CC1)c1ccc(F)cc1. The Morgan fingerprint density at radius 3 is 2.62 bits per heavy atom. The van der Waals surface area contributed by atoms with E-state index in [0.717, 1.165) is 34.7 Å². The molecule has 1 aromatic carbocycles. The molecule has 0 saturated heterocycles. The lowest BCUT2D eigenvalue weighted by Crippen LogP contribution is -2.41. The first-order valence-electron chi connectivity index (χ1n) is 11.0. The predicted octanol–water partition coefficient (Wildman–Crippen LogP) is 3.97. The Morgan fingerprint density at radius 2 is 1.91 bits per heavy atom. The Kier molecular flexibility index (Phi) is 7.17. The maximum absolute atomic E-state index is 13.1. The van der Waals surface area contributed by atoms with Crippen molar-refractivity contribution in [3.8, 4) is 0 Å². The van der Waals surface area contributed by atoms with Gasteiger partial charge in [0.1, 0.15) is 10.7 Å². The Balaban J connectivity index is 1.30. The molecule has 172 valence electrons. The van der Waals surface area contributed by atoms with Gasteiger partial charge in [-0.05, 0) is 80.5 Å². The van der Waals surface area contributed by atoms with Crippen molar-refractivity contribution < 1.29 is 17.6 Å². The maximum Gasteiger partial charge on any atom is 0.242 e. The lowest BCUT2D eigenvalue weighted by Gasteiger charge is -2.29. The van der Waals surface area contributed by atoms with Crippen molar-refractivity contribution in [3.63, 3.8) is 0 Å². The lowest BCUT2D eigenvalue weighted by molar-refractivity contribution is -0.126. The van der Waals surface area contributed by atoms with E-state index in [2.05, 4.69) is 15.0 Å². The summed E-state index contributed by atoms with van der Waals surface area (Å²) in [5.41, 5.74) is 1.85. The third-order valence-electron chi connectivity index (χ3n) is 6.19. The van der Waals surface area contributed by atoms with Crippen LogP contribution >= 0.6 is 11.8 Å². The summed E-state index contributed by atoms with van der Waals surface area (Å²) in [6.07, 6.45) is 5.78. The molecule has 1 aliphatic heterocycles. The van der Waals surface area contributed by atoms with Crippen LogP contribution < -0.4 is 10.0 Å². The molecule has 0 bridgehead atoms. The summed E-state index contributed by atoms with van der Waals surface area (Å²) in [5, 5.41) is 3.92. The van der Waals surface area contributed by atoms with E-state index in [-0.39, 0.29) is 34.6 Å². The van der Waals surface area contributed by atoms with Gasteiger partial charge in [0, 0.05) is 18.2 Å². The number of benzene rings is 1. The molecular formula is C23H28FN3O3S2. The number of carbonyl (C=O) groups excluding carboxylic acids is 1. The van der Waals surface area contributed by atoms with Gasteiger partial charge in [-0.25, -0.2) is 22.5 Å². The van der Waals surface area contributed by atoms with Gasteiger partial charge in [-0.2, -0.15) is 0 Å². The molecule has 2 heterocycles. The minimum atomic E-state index is -3.64. The molecule has 0 spiro atoms. The summed E-state index contributed by atoms with van der Waals surface area (Å²) in [5.74, 6) is 0.517. The first kappa shape index (κ1) is 23.2. The van der Waals surface area contributed by atoms with E-state index in [9.17, 15) is 17.6 Å². The van der Waals surface area contributed by atoms with Crippen molar-refractivity contribution in [3.05, 3.63) is 53.5 Å². The van der Waals surface area contributed by atoms with E-state index in [1.54, 1.807) is 30.0 Å². The van der Waals surface area contributed by atoms with Gasteiger partial charge in [0.2, 0.25) is 15.9 Å². The summed E-state index contributed by atoms with van der Waals surface area (Å²) in [4.78, 5) is 17.2. The molecule has 2 N–H and O–H groups in total. The number of amides is 1. The number of nitrogens with zero attached hydrogens (tertiary/aromatic N) is 1. The van der Waals surface area contributed by atoms with Gasteiger partial charge in [0.25, 0.3) is 0 Å². The van der Waals surface area contributed by atoms with E-state index >= 15 is 0 Å². The Morgan fingerprint density at radius 1 is 1.19 bits per heavy atom. The van der Waals surface area contributed by atoms with Gasteiger partial charge >= 0.3 is 0 Å². The number of hydrogen-bond donors (Lipinski definition) is 2. The third-order valence-corrected chi connectivity index (χ3v) is 8.81. The van der Waals surface area contributed by atoms with Crippen molar-refractivity contribution in [1.82, 2.24) is 15.0 Å². The smallest absolute Gasteiger partial charge is 0.242 e. The molecule has 1 atom stereocenters. The Labute approximate surface area is 192 Å². The van der Waals surface area contributed by atoms with Crippen LogP contribution in [0.2, 0.25) is 0 Å². The van der Waals surface area contributed by atoms with Crippen LogP contribution in [0, 0.1) is 11.7 Å². The average molecular weight is 478 g/mol. The largest absolute Gasteiger partial charge is 0.349 e. The number of aryl methyl sites for hydroxylation is 1. The zero-order chi connectivity index (χ0) is 22.7. The molecule has 0 radical (unpaired) electrons. The highest BCUT2D eigenvalue weighted by atomic mass is 32.2. The highest BCUT2D eigenvalue weighted by molar-refractivity contribution is 7.99. The highest BCUT2D eigenvalue weighted by Gasteiger charge is 2.30. The van der Waals surface area contributed by atoms with Crippen molar-refractivity contribution >= 4 is 27.7 Å². The first-order valence-corrected chi connectivity index (χ1v) is 13.5. The fourth-order valence-electron chi connectivity index (χ4n) is 4.29. The number of hydrogen-bond acceptors (Lipinski definition) is 5. The number of halogens is 1. The number of nitrogens with one attached hydrogen (secondary N) is 2. The van der Waals surface area contributed by atoms with Crippen LogP contribution in [0.3, 0.4) is 0 Å². The summed E-state index contributed by atoms with van der Waals surface area (Å²) < 4.78 is 41.6. The highest BCUT2D eigenvalue weighted by Crippen LogP contribution is 2.30. The quantitative estimate of drug-likeness (QED) is 0.657. The summed E-state index contributed by atoms with van der Waals surface area (Å²) in [6, 6.07) is 7.43. The second-order valence-electron chi connectivity index (χ2n) is 8.54. The van der Waals surface area contributed by atoms with Crippen LogP contribution in [-0.4, -0.2) is 31.1 Å². The minimum Gasteiger partial charge on any atom is -0.349 e. The van der Waals surface area contributed by atoms with Gasteiger partial charge in [0.15, 0.2) is 0 Å². The van der Waals surface area contributed by atoms with Crippen LogP contribution in [0.5, 0.6) is 0 Å². The summed E-state index contributed by atoms with van der Waals surface area (Å²) in [6.45, 7) is 1.87. The van der Waals surface area contributed by atoms with Gasteiger partial charge < -0.3 is 5.32 Å². The normalized spacial score (nSPS) is 22.1. The van der Waals surface area contributed by atoms with Crippen molar-refractivity contribution in [1.29, 1.82) is 0 Å². The number of sulfonamides is 1. The van der Waals surface area contributed by atoms with Gasteiger partial charge in [-0.3, -0.25) is 4.79 Å². The van der Waals surface area contributed by atoms with Gasteiger partial charge in [-0.1, -0.05) is 12.1 Å². The number of thioether (sulfide) groups is 1. The molecule has 2 aromatic rings. The minimum absolute atomic E-state index is 0.0421. The number of fused-ring (bicyclic) bond motifs is 1. The Bertz CT molecular complexity index is 1070. The van der Waals surface area contributed by atoms with Crippen molar-refractivity contribution in [2.75, 3.05) is 5.75 Å². The van der Waals surface area contributed by atoms with E-state index in [4.69, 9.17) is 0 Å².